The highest BCUT2D eigenvalue weighted by molar-refractivity contribution is 5.81. The van der Waals surface area contributed by atoms with Crippen LogP contribution in [0, 0.1) is 5.82 Å². The number of guanidine groups is 1. The molecule has 1 unspecified atom stereocenters. The van der Waals surface area contributed by atoms with Crippen LogP contribution in [0.25, 0.3) is 0 Å². The van der Waals surface area contributed by atoms with Crippen molar-refractivity contribution in [2.45, 2.75) is 18.9 Å². The van der Waals surface area contributed by atoms with Crippen LogP contribution in [0.1, 0.15) is 18.9 Å². The molecule has 0 spiro atoms. The zero-order chi connectivity index (χ0) is 13.9. The number of methoxy groups -OCH3 is 1. The summed E-state index contributed by atoms with van der Waals surface area (Å²) in [6.07, 6.45) is 0.810. The fraction of sp³-hybridized carbons (Fsp3) is 0.500. The second kappa shape index (κ2) is 5.57. The third-order valence-corrected chi connectivity index (χ3v) is 3.76. The number of ether oxygens (including phenoxy) is 1. The van der Waals surface area contributed by atoms with Gasteiger partial charge in [-0.25, -0.2) is 4.39 Å². The monoisotopic (exact) mass is 265 g/mol. The van der Waals surface area contributed by atoms with Gasteiger partial charge in [0.2, 0.25) is 0 Å². The highest BCUT2D eigenvalue weighted by atomic mass is 19.1. The maximum atomic E-state index is 13.5. The number of aliphatic imine (C=N–C) groups is 1. The van der Waals surface area contributed by atoms with E-state index in [0.29, 0.717) is 25.7 Å². The van der Waals surface area contributed by atoms with Crippen molar-refractivity contribution in [3.8, 4) is 0 Å². The Kier molecular flexibility index (Phi) is 4.04. The van der Waals surface area contributed by atoms with Crippen molar-refractivity contribution in [3.63, 3.8) is 0 Å². The Morgan fingerprint density at radius 1 is 1.53 bits per heavy atom. The third-order valence-electron chi connectivity index (χ3n) is 3.76. The van der Waals surface area contributed by atoms with E-state index < -0.39 is 0 Å². The van der Waals surface area contributed by atoms with Gasteiger partial charge in [0.15, 0.2) is 5.96 Å². The lowest BCUT2D eigenvalue weighted by Crippen LogP contribution is -2.50. The summed E-state index contributed by atoms with van der Waals surface area (Å²) in [7, 11) is 1.65. The Morgan fingerprint density at radius 3 is 2.95 bits per heavy atom. The molecule has 1 heterocycles. The molecule has 0 bridgehead atoms. The van der Waals surface area contributed by atoms with Crippen LogP contribution in [0.3, 0.4) is 0 Å². The summed E-state index contributed by atoms with van der Waals surface area (Å²) >= 11 is 0. The molecule has 1 atom stereocenters. The Bertz CT molecular complexity index is 478. The van der Waals surface area contributed by atoms with Crippen LogP contribution in [0.5, 0.6) is 0 Å². The van der Waals surface area contributed by atoms with Gasteiger partial charge in [-0.05, 0) is 24.1 Å². The first kappa shape index (κ1) is 13.8. The first-order chi connectivity index (χ1) is 9.14. The van der Waals surface area contributed by atoms with E-state index in [0.717, 1.165) is 12.0 Å². The van der Waals surface area contributed by atoms with Gasteiger partial charge in [-0.15, -0.1) is 0 Å². The summed E-state index contributed by atoms with van der Waals surface area (Å²) < 4.78 is 18.6. The van der Waals surface area contributed by atoms with Gasteiger partial charge >= 0.3 is 0 Å². The van der Waals surface area contributed by atoms with Gasteiger partial charge in [-0.3, -0.25) is 4.99 Å². The molecule has 0 aliphatic carbocycles. The molecule has 0 fully saturated rings. The van der Waals surface area contributed by atoms with Crippen LogP contribution in [0.4, 0.5) is 4.39 Å². The number of benzene rings is 1. The number of hydrogen-bond acceptors (Lipinski definition) is 4. The fourth-order valence-electron chi connectivity index (χ4n) is 2.64. The summed E-state index contributed by atoms with van der Waals surface area (Å²) in [6, 6.07) is 6.68. The Balaban J connectivity index is 2.36. The maximum Gasteiger partial charge on any atom is 0.192 e. The first-order valence-electron chi connectivity index (χ1n) is 6.46. The first-order valence-corrected chi connectivity index (χ1v) is 6.46. The molecule has 0 amide bonds. The Morgan fingerprint density at radius 2 is 2.32 bits per heavy atom. The molecule has 1 aliphatic heterocycles. The van der Waals surface area contributed by atoms with Crippen molar-refractivity contribution in [2.24, 2.45) is 10.7 Å². The van der Waals surface area contributed by atoms with E-state index in [1.54, 1.807) is 19.2 Å². The Hall–Kier alpha value is -1.62. The standard InChI is InChI=1S/C14H20FN3O/c1-3-14(11-5-4-6-12(15)9-11)10-17-13(16)18(14)7-8-19-2/h4-6,9H,3,7-8,10H2,1-2H3,(H2,16,17). The number of nitrogens with zero attached hydrogens (tertiary/aromatic N) is 2. The summed E-state index contributed by atoms with van der Waals surface area (Å²) in [5, 5.41) is 0. The molecular weight excluding hydrogens is 245 g/mol. The van der Waals surface area contributed by atoms with E-state index in [-0.39, 0.29) is 11.4 Å². The normalized spacial score (nSPS) is 22.7. The number of halogens is 1. The van der Waals surface area contributed by atoms with Crippen molar-refractivity contribution in [1.82, 2.24) is 4.90 Å². The predicted octanol–water partition coefficient (Wildman–Crippen LogP) is 1.71. The van der Waals surface area contributed by atoms with Crippen molar-refractivity contribution in [1.29, 1.82) is 0 Å². The summed E-state index contributed by atoms with van der Waals surface area (Å²) in [5.41, 5.74) is 6.53. The molecule has 4 nitrogen and oxygen atoms in total. The van der Waals surface area contributed by atoms with Gasteiger partial charge in [0.25, 0.3) is 0 Å². The van der Waals surface area contributed by atoms with Gasteiger partial charge < -0.3 is 15.4 Å². The fourth-order valence-corrected chi connectivity index (χ4v) is 2.64. The number of rotatable bonds is 5. The average molecular weight is 265 g/mol. The lowest BCUT2D eigenvalue weighted by Gasteiger charge is -2.39. The Labute approximate surface area is 113 Å². The van der Waals surface area contributed by atoms with Crippen molar-refractivity contribution >= 4 is 5.96 Å². The number of hydrogen-bond donors (Lipinski definition) is 1. The second-order valence-electron chi connectivity index (χ2n) is 4.71. The van der Waals surface area contributed by atoms with Gasteiger partial charge in [0.1, 0.15) is 5.82 Å². The van der Waals surface area contributed by atoms with E-state index in [4.69, 9.17) is 10.5 Å². The summed E-state index contributed by atoms with van der Waals surface area (Å²) in [6.45, 7) is 3.84. The van der Waals surface area contributed by atoms with Gasteiger partial charge in [0, 0.05) is 13.7 Å². The molecule has 0 radical (unpaired) electrons. The van der Waals surface area contributed by atoms with E-state index in [9.17, 15) is 4.39 Å². The predicted molar refractivity (Wildman–Crippen MR) is 73.4 cm³/mol. The molecule has 1 aromatic rings. The molecule has 0 saturated carbocycles. The summed E-state index contributed by atoms with van der Waals surface area (Å²) in [4.78, 5) is 6.36. The lowest BCUT2D eigenvalue weighted by molar-refractivity contribution is 0.125. The minimum absolute atomic E-state index is 0.234. The third kappa shape index (κ3) is 2.42. The topological polar surface area (TPSA) is 50.8 Å². The largest absolute Gasteiger partial charge is 0.383 e. The van der Waals surface area contributed by atoms with Crippen LogP contribution in [-0.2, 0) is 10.3 Å². The molecule has 0 saturated heterocycles. The maximum absolute atomic E-state index is 13.5. The van der Waals surface area contributed by atoms with Gasteiger partial charge in [-0.1, -0.05) is 19.1 Å². The quantitative estimate of drug-likeness (QED) is 0.881. The van der Waals surface area contributed by atoms with E-state index in [2.05, 4.69) is 11.9 Å². The highest BCUT2D eigenvalue weighted by Gasteiger charge is 2.42. The molecule has 1 aromatic carbocycles. The zero-order valence-electron chi connectivity index (χ0n) is 11.4. The number of nitrogens with two attached hydrogens (primary N) is 1. The minimum Gasteiger partial charge on any atom is -0.383 e. The van der Waals surface area contributed by atoms with Crippen molar-refractivity contribution in [3.05, 3.63) is 35.6 Å². The molecule has 19 heavy (non-hydrogen) atoms. The average Bonchev–Trinajstić information content (AvgIpc) is 2.74. The SMILES string of the molecule is CCC1(c2cccc(F)c2)CN=C(N)N1CCOC. The zero-order valence-corrected chi connectivity index (χ0v) is 11.4. The van der Waals surface area contributed by atoms with E-state index in [1.807, 2.05) is 11.0 Å². The lowest BCUT2D eigenvalue weighted by atomic mass is 9.86. The van der Waals surface area contributed by atoms with E-state index >= 15 is 0 Å². The molecule has 104 valence electrons. The molecule has 2 rings (SSSR count). The smallest absolute Gasteiger partial charge is 0.192 e. The second-order valence-corrected chi connectivity index (χ2v) is 4.71. The molecule has 5 heteroatoms. The molecule has 1 aliphatic rings. The van der Waals surface area contributed by atoms with Gasteiger partial charge in [-0.2, -0.15) is 0 Å². The van der Waals surface area contributed by atoms with Crippen molar-refractivity contribution < 1.29 is 9.13 Å². The van der Waals surface area contributed by atoms with Gasteiger partial charge in [0.05, 0.1) is 18.7 Å². The minimum atomic E-state index is -0.356. The van der Waals surface area contributed by atoms with E-state index in [1.165, 1.54) is 6.07 Å². The van der Waals surface area contributed by atoms with Crippen molar-refractivity contribution in [2.75, 3.05) is 26.8 Å². The summed E-state index contributed by atoms with van der Waals surface area (Å²) in [5.74, 6) is 0.269. The molecule has 0 aromatic heterocycles. The van der Waals surface area contributed by atoms with Crippen LogP contribution in [0.15, 0.2) is 29.3 Å². The van der Waals surface area contributed by atoms with Crippen LogP contribution >= 0.6 is 0 Å². The van der Waals surface area contributed by atoms with Crippen LogP contribution in [0.2, 0.25) is 0 Å². The molecule has 2 N–H and O–H groups in total. The van der Waals surface area contributed by atoms with Crippen LogP contribution < -0.4 is 5.73 Å². The highest BCUT2D eigenvalue weighted by Crippen LogP contribution is 2.36. The van der Waals surface area contributed by atoms with Crippen LogP contribution in [-0.4, -0.2) is 37.7 Å². The molecular formula is C14H20FN3O.